The maximum absolute atomic E-state index is 13.2. The smallest absolute Gasteiger partial charge is 0.243 e. The van der Waals surface area contributed by atoms with Gasteiger partial charge in [0.25, 0.3) is 0 Å². The zero-order chi connectivity index (χ0) is 24.4. The molecule has 188 valence electrons. The molecule has 1 amide bonds. The summed E-state index contributed by atoms with van der Waals surface area (Å²) in [6.07, 6.45) is 5.36. The Morgan fingerprint density at radius 3 is 2.20 bits per heavy atom. The molecule has 8 heteroatoms. The molecule has 2 aromatic carbocycles. The number of amides is 1. The Balaban J connectivity index is 1.15. The topological polar surface area (TPSA) is 73.0 Å². The lowest BCUT2D eigenvalue weighted by molar-refractivity contribution is -0.120. The number of anilines is 2. The molecular formula is C27H36N4O3S. The second-order valence-electron chi connectivity index (χ2n) is 10.1. The zero-order valence-corrected chi connectivity index (χ0v) is 21.4. The van der Waals surface area contributed by atoms with Gasteiger partial charge in [-0.2, -0.15) is 4.31 Å². The summed E-state index contributed by atoms with van der Waals surface area (Å²) in [5, 5.41) is 3.03. The monoisotopic (exact) mass is 496 g/mol. The van der Waals surface area contributed by atoms with Gasteiger partial charge in [0.1, 0.15) is 0 Å². The average Bonchev–Trinajstić information content (AvgIpc) is 2.89. The van der Waals surface area contributed by atoms with Gasteiger partial charge in [-0.1, -0.05) is 6.07 Å². The van der Waals surface area contributed by atoms with Gasteiger partial charge in [-0.25, -0.2) is 8.42 Å². The molecule has 1 aliphatic carbocycles. The van der Waals surface area contributed by atoms with Gasteiger partial charge in [-0.05, 0) is 93.1 Å². The van der Waals surface area contributed by atoms with Crippen LogP contribution in [0.3, 0.4) is 0 Å². The van der Waals surface area contributed by atoms with Crippen LogP contribution in [0.4, 0.5) is 11.4 Å². The second-order valence-corrected chi connectivity index (χ2v) is 12.1. The number of hydrogen-bond acceptors (Lipinski definition) is 5. The van der Waals surface area contributed by atoms with Crippen molar-refractivity contribution in [1.82, 2.24) is 9.21 Å². The number of carbonyl (C=O) groups is 1. The molecule has 2 fully saturated rings. The van der Waals surface area contributed by atoms with Gasteiger partial charge in [0.15, 0.2) is 0 Å². The molecule has 2 aliphatic heterocycles. The van der Waals surface area contributed by atoms with Crippen molar-refractivity contribution in [1.29, 1.82) is 0 Å². The first-order valence-corrected chi connectivity index (χ1v) is 14.3. The number of carbonyl (C=O) groups excluding carboxylic acids is 1. The van der Waals surface area contributed by atoms with E-state index in [2.05, 4.69) is 34.3 Å². The molecule has 3 aliphatic rings. The van der Waals surface area contributed by atoms with E-state index in [9.17, 15) is 13.2 Å². The highest BCUT2D eigenvalue weighted by molar-refractivity contribution is 7.89. The molecular weight excluding hydrogens is 460 g/mol. The lowest BCUT2D eigenvalue weighted by Gasteiger charge is -2.34. The number of fused-ring (bicyclic) bond motifs is 1. The summed E-state index contributed by atoms with van der Waals surface area (Å²) in [7, 11) is -1.39. The van der Waals surface area contributed by atoms with Crippen LogP contribution in [0.2, 0.25) is 0 Å². The molecule has 7 nitrogen and oxygen atoms in total. The molecule has 2 heterocycles. The van der Waals surface area contributed by atoms with Crippen LogP contribution in [-0.4, -0.2) is 69.8 Å². The highest BCUT2D eigenvalue weighted by Gasteiger charge is 2.32. The molecule has 0 saturated carbocycles. The van der Waals surface area contributed by atoms with Gasteiger partial charge in [-0.3, -0.25) is 4.79 Å². The summed E-state index contributed by atoms with van der Waals surface area (Å²) in [5.74, 6) is -0.203. The third-order valence-corrected chi connectivity index (χ3v) is 9.68. The maximum Gasteiger partial charge on any atom is 0.243 e. The number of hydrogen-bond donors (Lipinski definition) is 1. The minimum atomic E-state index is -3.53. The van der Waals surface area contributed by atoms with Gasteiger partial charge in [0.2, 0.25) is 15.9 Å². The van der Waals surface area contributed by atoms with E-state index in [4.69, 9.17) is 0 Å². The van der Waals surface area contributed by atoms with Crippen molar-refractivity contribution in [2.24, 2.45) is 5.92 Å². The van der Waals surface area contributed by atoms with Crippen molar-refractivity contribution >= 4 is 27.3 Å². The molecule has 0 radical (unpaired) electrons. The predicted octanol–water partition coefficient (Wildman–Crippen LogP) is 3.36. The number of rotatable bonds is 5. The van der Waals surface area contributed by atoms with Crippen LogP contribution in [-0.2, 0) is 27.7 Å². The van der Waals surface area contributed by atoms with E-state index < -0.39 is 10.0 Å². The van der Waals surface area contributed by atoms with Crippen molar-refractivity contribution in [3.8, 4) is 0 Å². The normalized spacial score (nSPS) is 20.4. The Labute approximate surface area is 209 Å². The quantitative estimate of drug-likeness (QED) is 0.687. The van der Waals surface area contributed by atoms with E-state index >= 15 is 0 Å². The first kappa shape index (κ1) is 24.3. The number of benzene rings is 2. The minimum absolute atomic E-state index is 0.0248. The van der Waals surface area contributed by atoms with Crippen LogP contribution in [0.5, 0.6) is 0 Å². The summed E-state index contributed by atoms with van der Waals surface area (Å²) >= 11 is 0. The third-order valence-electron chi connectivity index (χ3n) is 7.79. The molecule has 35 heavy (non-hydrogen) atoms. The van der Waals surface area contributed by atoms with E-state index in [0.717, 1.165) is 51.1 Å². The summed E-state index contributed by atoms with van der Waals surface area (Å²) < 4.78 is 28.0. The van der Waals surface area contributed by atoms with Crippen LogP contribution in [0, 0.1) is 5.92 Å². The van der Waals surface area contributed by atoms with Crippen LogP contribution in [0.1, 0.15) is 36.8 Å². The van der Waals surface area contributed by atoms with Crippen LogP contribution >= 0.6 is 0 Å². The number of piperazine rings is 1. The predicted molar refractivity (Wildman–Crippen MR) is 139 cm³/mol. The molecule has 2 saturated heterocycles. The molecule has 5 rings (SSSR count). The highest BCUT2D eigenvalue weighted by atomic mass is 32.2. The second kappa shape index (κ2) is 10.3. The SMILES string of the molecule is CN1CCN(c2ccc(NC(=O)C3CCN(S(=O)(=O)c4ccc5c(c4)CCCC5)CC3)cc2)CC1. The van der Waals surface area contributed by atoms with Crippen LogP contribution < -0.4 is 10.2 Å². The van der Waals surface area contributed by atoms with Gasteiger partial charge < -0.3 is 15.1 Å². The van der Waals surface area contributed by atoms with E-state index in [0.29, 0.717) is 30.8 Å². The van der Waals surface area contributed by atoms with E-state index in [1.165, 1.54) is 23.2 Å². The molecule has 0 atom stereocenters. The maximum atomic E-state index is 13.2. The Bertz CT molecular complexity index is 1150. The van der Waals surface area contributed by atoms with Crippen molar-refractivity contribution in [2.45, 2.75) is 43.4 Å². The van der Waals surface area contributed by atoms with Crippen molar-refractivity contribution in [3.05, 3.63) is 53.6 Å². The minimum Gasteiger partial charge on any atom is -0.369 e. The molecule has 1 N–H and O–H groups in total. The average molecular weight is 497 g/mol. The van der Waals surface area contributed by atoms with Gasteiger partial charge in [0.05, 0.1) is 4.90 Å². The van der Waals surface area contributed by atoms with Crippen LogP contribution in [0.15, 0.2) is 47.4 Å². The van der Waals surface area contributed by atoms with E-state index in [-0.39, 0.29) is 11.8 Å². The van der Waals surface area contributed by atoms with Crippen molar-refractivity contribution < 1.29 is 13.2 Å². The van der Waals surface area contributed by atoms with Crippen LogP contribution in [0.25, 0.3) is 0 Å². The molecule has 0 bridgehead atoms. The summed E-state index contributed by atoms with van der Waals surface area (Å²) in [6.45, 7) is 4.88. The fraction of sp³-hybridized carbons (Fsp3) is 0.519. The summed E-state index contributed by atoms with van der Waals surface area (Å²) in [5.41, 5.74) is 4.42. The number of aryl methyl sites for hydroxylation is 2. The van der Waals surface area contributed by atoms with Crippen molar-refractivity contribution in [3.63, 3.8) is 0 Å². The third kappa shape index (κ3) is 5.39. The van der Waals surface area contributed by atoms with Gasteiger partial charge in [-0.15, -0.1) is 0 Å². The van der Waals surface area contributed by atoms with Gasteiger partial charge >= 0.3 is 0 Å². The Morgan fingerprint density at radius 2 is 1.51 bits per heavy atom. The molecule has 0 unspecified atom stereocenters. The highest BCUT2D eigenvalue weighted by Crippen LogP contribution is 2.29. The standard InChI is InChI=1S/C27H36N4O3S/c1-29-16-18-30(19-17-29)25-9-7-24(8-10-25)28-27(32)22-12-14-31(15-13-22)35(33,34)26-11-6-21-4-2-3-5-23(21)20-26/h6-11,20,22H,2-5,12-19H2,1H3,(H,28,32). The molecule has 2 aromatic rings. The van der Waals surface area contributed by atoms with Gasteiger partial charge in [0, 0.05) is 56.6 Å². The Hall–Kier alpha value is -2.42. The fourth-order valence-electron chi connectivity index (χ4n) is 5.44. The van der Waals surface area contributed by atoms with E-state index in [1.807, 2.05) is 24.3 Å². The fourth-order valence-corrected chi connectivity index (χ4v) is 6.96. The number of sulfonamides is 1. The number of nitrogens with zero attached hydrogens (tertiary/aromatic N) is 3. The number of likely N-dealkylation sites (N-methyl/N-ethyl adjacent to an activating group) is 1. The first-order chi connectivity index (χ1) is 16.9. The largest absolute Gasteiger partial charge is 0.369 e. The lowest BCUT2D eigenvalue weighted by Crippen LogP contribution is -2.44. The lowest BCUT2D eigenvalue weighted by atomic mass is 9.92. The first-order valence-electron chi connectivity index (χ1n) is 12.9. The number of nitrogens with one attached hydrogen (secondary N) is 1. The zero-order valence-electron chi connectivity index (χ0n) is 20.6. The Kier molecular flexibility index (Phi) is 7.14. The Morgan fingerprint density at radius 1 is 0.857 bits per heavy atom. The van der Waals surface area contributed by atoms with E-state index in [1.54, 1.807) is 10.4 Å². The summed E-state index contributed by atoms with van der Waals surface area (Å²) in [6, 6.07) is 13.7. The molecule has 0 spiro atoms. The number of piperidine rings is 1. The molecule has 0 aromatic heterocycles. The van der Waals surface area contributed by atoms with Crippen molar-refractivity contribution in [2.75, 3.05) is 56.5 Å². The summed E-state index contributed by atoms with van der Waals surface area (Å²) in [4.78, 5) is 18.0.